The smallest absolute Gasteiger partial charge is 0.254 e. The molecule has 0 spiro atoms. The Balaban J connectivity index is 1.50. The zero-order valence-electron chi connectivity index (χ0n) is 16.2. The van der Waals surface area contributed by atoms with Crippen molar-refractivity contribution in [3.05, 3.63) is 48.0 Å². The van der Waals surface area contributed by atoms with Gasteiger partial charge in [0, 0.05) is 42.9 Å². The summed E-state index contributed by atoms with van der Waals surface area (Å²) in [7, 11) is -3.33. The van der Waals surface area contributed by atoms with Crippen molar-refractivity contribution in [1.82, 2.24) is 9.88 Å². The lowest BCUT2D eigenvalue weighted by Crippen LogP contribution is -2.48. The summed E-state index contributed by atoms with van der Waals surface area (Å²) in [5.41, 5.74) is 1.24. The van der Waals surface area contributed by atoms with Crippen LogP contribution >= 0.6 is 23.1 Å². The van der Waals surface area contributed by atoms with E-state index >= 15 is 0 Å². The van der Waals surface area contributed by atoms with Crippen LogP contribution in [0.15, 0.2) is 52.3 Å². The maximum atomic E-state index is 12.8. The van der Waals surface area contributed by atoms with Crippen LogP contribution < -0.4 is 4.90 Å². The number of anilines is 1. The second-order valence-corrected chi connectivity index (χ2v) is 10.8. The number of fused-ring (bicyclic) bond motifs is 1. The molecule has 0 unspecified atom stereocenters. The van der Waals surface area contributed by atoms with Crippen LogP contribution in [0.3, 0.4) is 0 Å². The summed E-state index contributed by atoms with van der Waals surface area (Å²) < 4.78 is 24.9. The number of thioether (sulfide) groups is 1. The molecule has 1 saturated heterocycles. The van der Waals surface area contributed by atoms with Crippen molar-refractivity contribution in [2.24, 2.45) is 0 Å². The number of nitrogens with zero attached hydrogens (tertiary/aromatic N) is 3. The van der Waals surface area contributed by atoms with Crippen LogP contribution in [0.2, 0.25) is 0 Å². The fourth-order valence-electron chi connectivity index (χ4n) is 3.39. The molecule has 0 N–H and O–H groups in total. The van der Waals surface area contributed by atoms with E-state index in [9.17, 15) is 13.2 Å². The first-order chi connectivity index (χ1) is 13.9. The predicted molar refractivity (Wildman–Crippen MR) is 119 cm³/mol. The van der Waals surface area contributed by atoms with Gasteiger partial charge in [-0.1, -0.05) is 23.5 Å². The van der Waals surface area contributed by atoms with Crippen LogP contribution in [-0.4, -0.2) is 62.9 Å². The van der Waals surface area contributed by atoms with Crippen molar-refractivity contribution in [3.8, 4) is 0 Å². The number of aromatic nitrogens is 1. The van der Waals surface area contributed by atoms with E-state index in [1.54, 1.807) is 23.9 Å². The molecule has 1 aliphatic rings. The number of piperazine rings is 1. The van der Waals surface area contributed by atoms with Gasteiger partial charge < -0.3 is 9.80 Å². The van der Waals surface area contributed by atoms with Gasteiger partial charge in [-0.25, -0.2) is 13.4 Å². The van der Waals surface area contributed by atoms with E-state index in [0.29, 0.717) is 37.3 Å². The highest BCUT2D eigenvalue weighted by atomic mass is 32.2. The molecule has 1 amide bonds. The lowest BCUT2D eigenvalue weighted by Gasteiger charge is -2.34. The van der Waals surface area contributed by atoms with Gasteiger partial charge >= 0.3 is 0 Å². The number of hydrogen-bond acceptors (Lipinski definition) is 7. The van der Waals surface area contributed by atoms with E-state index in [1.807, 2.05) is 41.5 Å². The molecule has 9 heteroatoms. The molecule has 0 saturated carbocycles. The van der Waals surface area contributed by atoms with E-state index < -0.39 is 9.84 Å². The number of sulfone groups is 1. The zero-order valence-corrected chi connectivity index (χ0v) is 18.6. The molecule has 1 aromatic heterocycles. The average Bonchev–Trinajstić information content (AvgIpc) is 3.17. The molecule has 2 aromatic carbocycles. The van der Waals surface area contributed by atoms with Crippen molar-refractivity contribution in [1.29, 1.82) is 0 Å². The first kappa shape index (κ1) is 20.2. The summed E-state index contributed by atoms with van der Waals surface area (Å²) in [6, 6.07) is 12.9. The number of amides is 1. The molecule has 29 heavy (non-hydrogen) atoms. The summed E-state index contributed by atoms with van der Waals surface area (Å²) in [5.74, 6) is 0.0456. The molecular formula is C20H21N3O3S3. The Morgan fingerprint density at radius 1 is 1.10 bits per heavy atom. The van der Waals surface area contributed by atoms with Crippen molar-refractivity contribution in [2.75, 3.05) is 43.6 Å². The van der Waals surface area contributed by atoms with Gasteiger partial charge in [0.25, 0.3) is 5.91 Å². The third-order valence-corrected chi connectivity index (χ3v) is 7.86. The number of carbonyl (C=O) groups is 1. The quantitative estimate of drug-likeness (QED) is 0.571. The number of benzene rings is 2. The second-order valence-electron chi connectivity index (χ2n) is 6.88. The standard InChI is InChI=1S/C20H21N3O3S3/c1-27-15-6-3-5-14(13-15)19(24)22-9-11-23(12-10-22)20-21-18-16(28-20)7-4-8-17(18)29(2,25)26/h3-8,13H,9-12H2,1-2H3. The maximum absolute atomic E-state index is 12.8. The minimum absolute atomic E-state index is 0.0456. The van der Waals surface area contributed by atoms with Crippen LogP contribution in [0.25, 0.3) is 10.2 Å². The molecule has 1 aliphatic heterocycles. The third-order valence-electron chi connectivity index (χ3n) is 4.92. The Labute approximate surface area is 178 Å². The third kappa shape index (κ3) is 4.12. The topological polar surface area (TPSA) is 70.6 Å². The first-order valence-corrected chi connectivity index (χ1v) is 13.1. The lowest BCUT2D eigenvalue weighted by atomic mass is 10.2. The first-order valence-electron chi connectivity index (χ1n) is 9.15. The maximum Gasteiger partial charge on any atom is 0.254 e. The monoisotopic (exact) mass is 447 g/mol. The van der Waals surface area contributed by atoms with Crippen LogP contribution in [0.4, 0.5) is 5.13 Å². The summed E-state index contributed by atoms with van der Waals surface area (Å²) in [4.78, 5) is 22.8. The Bertz CT molecular complexity index is 1170. The highest BCUT2D eigenvalue weighted by molar-refractivity contribution is 7.98. The van der Waals surface area contributed by atoms with E-state index in [0.717, 1.165) is 14.7 Å². The molecule has 152 valence electrons. The Morgan fingerprint density at radius 2 is 1.83 bits per heavy atom. The number of carbonyl (C=O) groups excluding carboxylic acids is 1. The Morgan fingerprint density at radius 3 is 2.52 bits per heavy atom. The van der Waals surface area contributed by atoms with Gasteiger partial charge in [-0.3, -0.25) is 4.79 Å². The van der Waals surface area contributed by atoms with Gasteiger partial charge in [-0.15, -0.1) is 11.8 Å². The summed E-state index contributed by atoms with van der Waals surface area (Å²) >= 11 is 3.11. The summed E-state index contributed by atoms with van der Waals surface area (Å²) in [6.45, 7) is 2.55. The van der Waals surface area contributed by atoms with Crippen LogP contribution in [0, 0.1) is 0 Å². The van der Waals surface area contributed by atoms with Gasteiger partial charge in [0.05, 0.1) is 9.60 Å². The molecule has 1 fully saturated rings. The second kappa shape index (κ2) is 7.97. The molecule has 0 atom stereocenters. The van der Waals surface area contributed by atoms with E-state index in [2.05, 4.69) is 9.88 Å². The number of para-hydroxylation sites is 1. The minimum Gasteiger partial charge on any atom is -0.345 e. The van der Waals surface area contributed by atoms with Crippen LogP contribution in [-0.2, 0) is 9.84 Å². The highest BCUT2D eigenvalue weighted by Gasteiger charge is 2.25. The van der Waals surface area contributed by atoms with Crippen LogP contribution in [0.5, 0.6) is 0 Å². The van der Waals surface area contributed by atoms with Crippen molar-refractivity contribution < 1.29 is 13.2 Å². The fourth-order valence-corrected chi connectivity index (χ4v) is 5.79. The largest absolute Gasteiger partial charge is 0.345 e. The Hall–Kier alpha value is -2.10. The van der Waals surface area contributed by atoms with Crippen LogP contribution in [0.1, 0.15) is 10.4 Å². The van der Waals surface area contributed by atoms with Gasteiger partial charge in [0.2, 0.25) is 0 Å². The Kier molecular flexibility index (Phi) is 5.54. The lowest BCUT2D eigenvalue weighted by molar-refractivity contribution is 0.0746. The normalized spacial score (nSPS) is 15.1. The summed E-state index contributed by atoms with van der Waals surface area (Å²) in [5, 5.41) is 0.799. The minimum atomic E-state index is -3.33. The molecular weight excluding hydrogens is 426 g/mol. The molecule has 6 nitrogen and oxygen atoms in total. The number of hydrogen-bond donors (Lipinski definition) is 0. The molecule has 0 aliphatic carbocycles. The average molecular weight is 448 g/mol. The number of rotatable bonds is 4. The molecule has 4 rings (SSSR count). The fraction of sp³-hybridized carbons (Fsp3) is 0.300. The van der Waals surface area contributed by atoms with Gasteiger partial charge in [-0.2, -0.15) is 0 Å². The molecule has 2 heterocycles. The van der Waals surface area contributed by atoms with Crippen molar-refractivity contribution in [3.63, 3.8) is 0 Å². The van der Waals surface area contributed by atoms with Crippen molar-refractivity contribution >= 4 is 54.2 Å². The van der Waals surface area contributed by atoms with Gasteiger partial charge in [-0.05, 0) is 36.6 Å². The van der Waals surface area contributed by atoms with Crippen molar-refractivity contribution in [2.45, 2.75) is 9.79 Å². The molecule has 0 bridgehead atoms. The molecule has 3 aromatic rings. The SMILES string of the molecule is CSc1cccc(C(=O)N2CCN(c3nc4c(S(C)(=O)=O)cccc4s3)CC2)c1. The van der Waals surface area contributed by atoms with E-state index in [1.165, 1.54) is 17.6 Å². The summed E-state index contributed by atoms with van der Waals surface area (Å²) in [6.07, 6.45) is 3.20. The number of thiazole rings is 1. The van der Waals surface area contributed by atoms with Gasteiger partial charge in [0.15, 0.2) is 15.0 Å². The van der Waals surface area contributed by atoms with Gasteiger partial charge in [0.1, 0.15) is 5.52 Å². The van der Waals surface area contributed by atoms with E-state index in [4.69, 9.17) is 0 Å². The molecule has 0 radical (unpaired) electrons. The van der Waals surface area contributed by atoms with E-state index in [-0.39, 0.29) is 10.8 Å². The zero-order chi connectivity index (χ0) is 20.6. The predicted octanol–water partition coefficient (Wildman–Crippen LogP) is 3.38. The highest BCUT2D eigenvalue weighted by Crippen LogP contribution is 2.33.